The van der Waals surface area contributed by atoms with Crippen molar-refractivity contribution in [3.63, 3.8) is 0 Å². The minimum atomic E-state index is -4.82. The van der Waals surface area contributed by atoms with Gasteiger partial charge in [-0.1, -0.05) is 47.5 Å². The van der Waals surface area contributed by atoms with Gasteiger partial charge >= 0.3 is 12.3 Å². The topological polar surface area (TPSA) is 56.1 Å². The third-order valence-corrected chi connectivity index (χ3v) is 4.97. The molecule has 10 heteroatoms. The van der Waals surface area contributed by atoms with Gasteiger partial charge in [-0.2, -0.15) is 18.3 Å². The summed E-state index contributed by atoms with van der Waals surface area (Å²) in [6.45, 7) is 5.32. The average Bonchev–Trinajstić information content (AvgIpc) is 3.09. The van der Waals surface area contributed by atoms with E-state index in [9.17, 15) is 18.0 Å². The van der Waals surface area contributed by atoms with Crippen LogP contribution in [0.25, 0.3) is 0 Å². The van der Waals surface area contributed by atoms with E-state index >= 15 is 0 Å². The molecule has 2 aromatic carbocycles. The van der Waals surface area contributed by atoms with Gasteiger partial charge in [0.1, 0.15) is 5.75 Å². The summed E-state index contributed by atoms with van der Waals surface area (Å²) in [5.74, 6) is 0.0844. The Bertz CT molecular complexity index is 1090. The molecule has 0 saturated carbocycles. The lowest BCUT2D eigenvalue weighted by Crippen LogP contribution is -2.50. The highest BCUT2D eigenvalue weighted by Gasteiger charge is 2.59. The highest BCUT2D eigenvalue weighted by atomic mass is 35.5. The van der Waals surface area contributed by atoms with Crippen molar-refractivity contribution in [1.82, 2.24) is 15.1 Å². The fourth-order valence-corrected chi connectivity index (χ4v) is 3.53. The number of nitrogens with zero attached hydrogens (tertiary/aromatic N) is 2. The summed E-state index contributed by atoms with van der Waals surface area (Å²) in [6.07, 6.45) is -3.30. The molecule has 170 valence electrons. The number of carbonyl (C=O) groups is 1. The lowest BCUT2D eigenvalue weighted by Gasteiger charge is -2.37. The summed E-state index contributed by atoms with van der Waals surface area (Å²) >= 11 is 11.8. The average molecular weight is 486 g/mol. The van der Waals surface area contributed by atoms with Gasteiger partial charge in [0.25, 0.3) is 0 Å². The molecule has 0 fully saturated rings. The molecule has 5 nitrogen and oxygen atoms in total. The Kier molecular flexibility index (Phi) is 6.49. The van der Waals surface area contributed by atoms with Crippen molar-refractivity contribution in [2.24, 2.45) is 0 Å². The van der Waals surface area contributed by atoms with E-state index in [1.807, 2.05) is 0 Å². The molecule has 1 aromatic heterocycles. The highest BCUT2D eigenvalue weighted by Crippen LogP contribution is 2.48. The van der Waals surface area contributed by atoms with Crippen LogP contribution in [0, 0.1) is 0 Å². The van der Waals surface area contributed by atoms with E-state index in [4.69, 9.17) is 27.9 Å². The minimum Gasteiger partial charge on any atom is -0.410 e. The summed E-state index contributed by atoms with van der Waals surface area (Å²) in [5, 5.41) is 6.83. The molecule has 0 saturated heterocycles. The Morgan fingerprint density at radius 3 is 1.91 bits per heavy atom. The van der Waals surface area contributed by atoms with Crippen LogP contribution in [0.3, 0.4) is 0 Å². The number of hydrogen-bond acceptors (Lipinski definition) is 3. The molecule has 0 bridgehead atoms. The number of ether oxygens (including phenoxy) is 1. The van der Waals surface area contributed by atoms with Crippen molar-refractivity contribution < 1.29 is 22.7 Å². The van der Waals surface area contributed by atoms with Crippen molar-refractivity contribution in [1.29, 1.82) is 0 Å². The van der Waals surface area contributed by atoms with Gasteiger partial charge in [-0.05, 0) is 56.2 Å². The first-order valence-electron chi connectivity index (χ1n) is 9.47. The van der Waals surface area contributed by atoms with E-state index in [1.165, 1.54) is 48.5 Å². The molecule has 3 aromatic rings. The Morgan fingerprint density at radius 2 is 1.47 bits per heavy atom. The van der Waals surface area contributed by atoms with Gasteiger partial charge in [-0.15, -0.1) is 0 Å². The Labute approximate surface area is 193 Å². The molecule has 0 radical (unpaired) electrons. The first kappa shape index (κ1) is 23.9. The monoisotopic (exact) mass is 485 g/mol. The molecule has 1 N–H and O–H groups in total. The van der Waals surface area contributed by atoms with E-state index in [2.05, 4.69) is 10.4 Å². The Hall–Kier alpha value is -2.71. The number of benzene rings is 2. The van der Waals surface area contributed by atoms with Gasteiger partial charge in [-0.3, -0.25) is 0 Å². The summed E-state index contributed by atoms with van der Waals surface area (Å²) in [6, 6.07) is 10.4. The summed E-state index contributed by atoms with van der Waals surface area (Å²) < 4.78 is 50.4. The third kappa shape index (κ3) is 4.86. The van der Waals surface area contributed by atoms with E-state index in [-0.39, 0.29) is 26.9 Å². The van der Waals surface area contributed by atoms with E-state index in [0.717, 1.165) is 17.1 Å². The zero-order chi connectivity index (χ0) is 23.7. The lowest BCUT2D eigenvalue weighted by atomic mass is 9.82. The fraction of sp³-hybridized carbons (Fsp3) is 0.273. The van der Waals surface area contributed by atoms with E-state index in [1.54, 1.807) is 20.8 Å². The van der Waals surface area contributed by atoms with Crippen LogP contribution in [0.5, 0.6) is 5.75 Å². The number of halogens is 5. The van der Waals surface area contributed by atoms with Gasteiger partial charge < -0.3 is 10.1 Å². The maximum absolute atomic E-state index is 14.8. The second-order valence-corrected chi connectivity index (χ2v) is 8.98. The maximum atomic E-state index is 14.8. The van der Waals surface area contributed by atoms with E-state index < -0.39 is 23.3 Å². The molecule has 1 amide bonds. The molecule has 32 heavy (non-hydrogen) atoms. The Morgan fingerprint density at radius 1 is 0.938 bits per heavy atom. The quantitative estimate of drug-likeness (QED) is 0.463. The van der Waals surface area contributed by atoms with Crippen LogP contribution in [-0.4, -0.2) is 27.6 Å². The SMILES string of the molecule is CC(C)(C)NC(=O)Oc1ccc(C(c2ccc(Cl)cc2)(n2cc(Cl)cn2)C(F)(F)F)cc1. The maximum Gasteiger partial charge on any atom is 0.422 e. The zero-order valence-electron chi connectivity index (χ0n) is 17.4. The normalized spacial score (nSPS) is 14.0. The zero-order valence-corrected chi connectivity index (χ0v) is 18.9. The second-order valence-electron chi connectivity index (χ2n) is 8.11. The van der Waals surface area contributed by atoms with Crippen LogP contribution in [-0.2, 0) is 5.54 Å². The van der Waals surface area contributed by atoms with Gasteiger partial charge in [0, 0.05) is 16.8 Å². The largest absolute Gasteiger partial charge is 0.422 e. The van der Waals surface area contributed by atoms with Crippen LogP contribution < -0.4 is 10.1 Å². The number of hydrogen-bond donors (Lipinski definition) is 1. The van der Waals surface area contributed by atoms with Crippen LogP contribution in [0.4, 0.5) is 18.0 Å². The number of aromatic nitrogens is 2. The molecule has 0 aliphatic rings. The van der Waals surface area contributed by atoms with Crippen molar-refractivity contribution in [2.45, 2.75) is 38.0 Å². The number of rotatable bonds is 4. The molecule has 1 atom stereocenters. The smallest absolute Gasteiger partial charge is 0.410 e. The standard InChI is InChI=1S/C22H20Cl2F3N3O2/c1-20(2,3)29-19(31)32-18-10-6-15(7-11-18)21(22(25,26)27,30-13-17(24)12-28-30)14-4-8-16(23)9-5-14/h4-13H,1-3H3,(H,29,31). The third-order valence-electron chi connectivity index (χ3n) is 4.53. The fourth-order valence-electron chi connectivity index (χ4n) is 3.27. The molecular formula is C22H20Cl2F3N3O2. The number of carbonyl (C=O) groups excluding carboxylic acids is 1. The summed E-state index contributed by atoms with van der Waals surface area (Å²) in [5.41, 5.74) is -3.50. The van der Waals surface area contributed by atoms with Crippen molar-refractivity contribution >= 4 is 29.3 Å². The van der Waals surface area contributed by atoms with Crippen molar-refractivity contribution in [3.8, 4) is 5.75 Å². The molecule has 0 aliphatic heterocycles. The summed E-state index contributed by atoms with van der Waals surface area (Å²) in [4.78, 5) is 12.0. The van der Waals surface area contributed by atoms with Gasteiger partial charge in [0.05, 0.1) is 11.2 Å². The molecule has 3 rings (SSSR count). The second kappa shape index (κ2) is 8.67. The molecule has 1 heterocycles. The van der Waals surface area contributed by atoms with Crippen LogP contribution in [0.2, 0.25) is 10.0 Å². The number of nitrogens with one attached hydrogen (secondary N) is 1. The van der Waals surface area contributed by atoms with Gasteiger partial charge in [0.15, 0.2) is 0 Å². The summed E-state index contributed by atoms with van der Waals surface area (Å²) in [7, 11) is 0. The molecule has 0 spiro atoms. The van der Waals surface area contributed by atoms with E-state index in [0.29, 0.717) is 0 Å². The van der Waals surface area contributed by atoms with Crippen LogP contribution >= 0.6 is 23.2 Å². The first-order valence-corrected chi connectivity index (χ1v) is 10.2. The van der Waals surface area contributed by atoms with Crippen molar-refractivity contribution in [3.05, 3.63) is 82.1 Å². The highest BCUT2D eigenvalue weighted by molar-refractivity contribution is 6.30. The Balaban J connectivity index is 2.12. The predicted octanol–water partition coefficient (Wildman–Crippen LogP) is 6.43. The van der Waals surface area contributed by atoms with Crippen LogP contribution in [0.15, 0.2) is 60.9 Å². The first-order chi connectivity index (χ1) is 14.8. The lowest BCUT2D eigenvalue weighted by molar-refractivity contribution is -0.189. The van der Waals surface area contributed by atoms with Crippen molar-refractivity contribution in [2.75, 3.05) is 0 Å². The van der Waals surface area contributed by atoms with Gasteiger partial charge in [0.2, 0.25) is 5.54 Å². The van der Waals surface area contributed by atoms with Gasteiger partial charge in [-0.25, -0.2) is 9.48 Å². The number of amides is 1. The number of alkyl halides is 3. The molecular weight excluding hydrogens is 466 g/mol. The molecule has 1 unspecified atom stereocenters. The minimum absolute atomic E-state index is 0.0476. The predicted molar refractivity (Wildman–Crippen MR) is 116 cm³/mol. The molecule has 0 aliphatic carbocycles. The van der Waals surface area contributed by atoms with Crippen LogP contribution in [0.1, 0.15) is 31.9 Å².